The third kappa shape index (κ3) is 5.21. The molecule has 8 heavy (non-hydrogen) atoms. The minimum Gasteiger partial charge on any atom is -0.462 e. The van der Waals surface area contributed by atoms with Gasteiger partial charge in [0.1, 0.15) is 6.61 Å². The fourth-order valence-electron chi connectivity index (χ4n) is 0.242. The minimum absolute atomic E-state index is 0.253. The van der Waals surface area contributed by atoms with Gasteiger partial charge in [0.05, 0.1) is 0 Å². The van der Waals surface area contributed by atoms with Crippen LogP contribution in [0.5, 0.6) is 0 Å². The predicted molar refractivity (Wildman–Crippen MR) is 30.1 cm³/mol. The van der Waals surface area contributed by atoms with Gasteiger partial charge in [0.25, 0.3) is 0 Å². The molecule has 2 heteroatoms. The van der Waals surface area contributed by atoms with Crippen LogP contribution in [0.1, 0.15) is 13.8 Å². The quantitative estimate of drug-likeness (QED) is 0.498. The van der Waals surface area contributed by atoms with Gasteiger partial charge in [-0.1, -0.05) is 0 Å². The fourth-order valence-corrected chi connectivity index (χ4v) is 0.242. The Hall–Kier alpha value is -0.790. The maximum atomic E-state index is 10.0. The van der Waals surface area contributed by atoms with Crippen molar-refractivity contribution in [2.45, 2.75) is 13.8 Å². The molecular weight excluding hydrogens is 104 g/mol. The summed E-state index contributed by atoms with van der Waals surface area (Å²) in [7, 11) is 0. The highest BCUT2D eigenvalue weighted by Crippen LogP contribution is 1.75. The standard InChI is InChI=1S/C6H9O2/c1-3-4-5-8-6(2)7/h4H,5H2,1-2H3. The fraction of sp³-hybridized carbons (Fsp3) is 0.500. The van der Waals surface area contributed by atoms with Gasteiger partial charge in [0, 0.05) is 6.92 Å². The Labute approximate surface area is 49.1 Å². The van der Waals surface area contributed by atoms with Crippen molar-refractivity contribution >= 4 is 5.97 Å². The Morgan fingerprint density at radius 2 is 2.50 bits per heavy atom. The monoisotopic (exact) mass is 113 g/mol. The molecule has 0 aromatic carbocycles. The molecule has 0 aliphatic carbocycles. The molecule has 45 valence electrons. The van der Waals surface area contributed by atoms with Crippen molar-refractivity contribution in [3.8, 4) is 0 Å². The van der Waals surface area contributed by atoms with Gasteiger partial charge in [-0.15, -0.1) is 0 Å². The van der Waals surface area contributed by atoms with E-state index in [1.54, 1.807) is 13.0 Å². The van der Waals surface area contributed by atoms with Crippen LogP contribution in [0, 0.1) is 6.08 Å². The smallest absolute Gasteiger partial charge is 0.302 e. The number of allylic oxidation sites excluding steroid dienone is 1. The van der Waals surface area contributed by atoms with Gasteiger partial charge in [0.15, 0.2) is 0 Å². The molecule has 2 nitrogen and oxygen atoms in total. The van der Waals surface area contributed by atoms with Crippen molar-refractivity contribution < 1.29 is 9.53 Å². The molecule has 0 bridgehead atoms. The van der Waals surface area contributed by atoms with Crippen molar-refractivity contribution in [1.29, 1.82) is 0 Å². The Bertz CT molecular complexity index is 94.7. The van der Waals surface area contributed by atoms with Gasteiger partial charge in [-0.2, -0.15) is 0 Å². The lowest BCUT2D eigenvalue weighted by Crippen LogP contribution is -1.96. The maximum Gasteiger partial charge on any atom is 0.302 e. The Morgan fingerprint density at radius 1 is 1.88 bits per heavy atom. The van der Waals surface area contributed by atoms with E-state index in [4.69, 9.17) is 0 Å². The van der Waals surface area contributed by atoms with Crippen LogP contribution in [0.4, 0.5) is 0 Å². The van der Waals surface area contributed by atoms with E-state index in [2.05, 4.69) is 10.8 Å². The molecule has 0 aliphatic rings. The highest BCUT2D eigenvalue weighted by atomic mass is 16.5. The Balaban J connectivity index is 3.05. The highest BCUT2D eigenvalue weighted by molar-refractivity contribution is 5.65. The average molecular weight is 113 g/mol. The average Bonchev–Trinajstić information content (AvgIpc) is 1.66. The summed E-state index contributed by atoms with van der Waals surface area (Å²) in [5.41, 5.74) is 0. The molecule has 0 fully saturated rings. The van der Waals surface area contributed by atoms with E-state index in [1.165, 1.54) is 6.92 Å². The number of carbonyl (C=O) groups is 1. The van der Waals surface area contributed by atoms with Crippen molar-refractivity contribution in [3.05, 3.63) is 12.2 Å². The summed E-state index contributed by atoms with van der Waals surface area (Å²) in [6, 6.07) is 0. The summed E-state index contributed by atoms with van der Waals surface area (Å²) in [4.78, 5) is 10.0. The van der Waals surface area contributed by atoms with Crippen LogP contribution >= 0.6 is 0 Å². The molecule has 0 heterocycles. The van der Waals surface area contributed by atoms with Crippen molar-refractivity contribution in [3.63, 3.8) is 0 Å². The number of esters is 1. The molecule has 0 saturated carbocycles. The molecule has 0 aliphatic heterocycles. The van der Waals surface area contributed by atoms with Gasteiger partial charge in [-0.25, -0.2) is 0 Å². The number of hydrogen-bond acceptors (Lipinski definition) is 2. The number of rotatable bonds is 2. The molecule has 1 radical (unpaired) electrons. The summed E-state index contributed by atoms with van der Waals surface area (Å²) < 4.78 is 4.53. The lowest BCUT2D eigenvalue weighted by atomic mass is 10.5. The molecule has 0 amide bonds. The van der Waals surface area contributed by atoms with Gasteiger partial charge in [0.2, 0.25) is 0 Å². The van der Waals surface area contributed by atoms with Crippen molar-refractivity contribution in [1.82, 2.24) is 0 Å². The van der Waals surface area contributed by atoms with Gasteiger partial charge < -0.3 is 4.74 Å². The van der Waals surface area contributed by atoms with Crippen LogP contribution < -0.4 is 0 Å². The lowest BCUT2D eigenvalue weighted by Gasteiger charge is -1.91. The van der Waals surface area contributed by atoms with Crippen LogP contribution in [0.2, 0.25) is 0 Å². The van der Waals surface area contributed by atoms with E-state index in [0.717, 1.165) is 0 Å². The lowest BCUT2D eigenvalue weighted by molar-refractivity contribution is -0.139. The van der Waals surface area contributed by atoms with E-state index < -0.39 is 0 Å². The van der Waals surface area contributed by atoms with E-state index >= 15 is 0 Å². The van der Waals surface area contributed by atoms with E-state index in [-0.39, 0.29) is 5.97 Å². The zero-order valence-corrected chi connectivity index (χ0v) is 5.10. The molecule has 0 N–H and O–H groups in total. The normalized spacial score (nSPS) is 9.75. The maximum absolute atomic E-state index is 10.0. The third-order valence-electron chi connectivity index (χ3n) is 0.574. The first-order valence-corrected chi connectivity index (χ1v) is 2.39. The second kappa shape index (κ2) is 4.37. The topological polar surface area (TPSA) is 26.3 Å². The second-order valence-corrected chi connectivity index (χ2v) is 1.30. The highest BCUT2D eigenvalue weighted by Gasteiger charge is 1.84. The summed E-state index contributed by atoms with van der Waals surface area (Å²) >= 11 is 0. The molecule has 0 atom stereocenters. The van der Waals surface area contributed by atoms with Crippen molar-refractivity contribution in [2.75, 3.05) is 6.61 Å². The summed E-state index contributed by atoms with van der Waals surface area (Å²) in [6.07, 6.45) is 4.38. The third-order valence-corrected chi connectivity index (χ3v) is 0.574. The molecule has 0 saturated heterocycles. The first kappa shape index (κ1) is 7.21. The first-order chi connectivity index (χ1) is 3.77. The van der Waals surface area contributed by atoms with Crippen LogP contribution in [-0.2, 0) is 9.53 Å². The zero-order chi connectivity index (χ0) is 6.41. The first-order valence-electron chi connectivity index (χ1n) is 2.39. The number of carbonyl (C=O) groups excluding carboxylic acids is 1. The van der Waals surface area contributed by atoms with Crippen LogP contribution in [-0.4, -0.2) is 12.6 Å². The van der Waals surface area contributed by atoms with Crippen molar-refractivity contribution in [2.24, 2.45) is 0 Å². The molecule has 0 aromatic rings. The molecular formula is C6H9O2. The molecule has 0 aromatic heterocycles. The Kier molecular flexibility index (Phi) is 3.94. The van der Waals surface area contributed by atoms with Crippen LogP contribution in [0.15, 0.2) is 6.08 Å². The van der Waals surface area contributed by atoms with Crippen LogP contribution in [0.3, 0.4) is 0 Å². The minimum atomic E-state index is -0.253. The van der Waals surface area contributed by atoms with Gasteiger partial charge >= 0.3 is 5.97 Å². The summed E-state index contributed by atoms with van der Waals surface area (Å²) in [5.74, 6) is -0.253. The molecule has 0 spiro atoms. The predicted octanol–water partition coefficient (Wildman–Crippen LogP) is 0.929. The van der Waals surface area contributed by atoms with E-state index in [0.29, 0.717) is 6.61 Å². The SMILES string of the molecule is C/[C]=C/COC(C)=O. The van der Waals surface area contributed by atoms with Gasteiger partial charge in [-0.05, 0) is 19.1 Å². The number of hydrogen-bond donors (Lipinski definition) is 0. The zero-order valence-electron chi connectivity index (χ0n) is 5.10. The van der Waals surface area contributed by atoms with E-state index in [9.17, 15) is 4.79 Å². The molecule has 0 unspecified atom stereocenters. The van der Waals surface area contributed by atoms with Gasteiger partial charge in [-0.3, -0.25) is 4.79 Å². The van der Waals surface area contributed by atoms with E-state index in [1.807, 2.05) is 0 Å². The van der Waals surface area contributed by atoms with Crippen LogP contribution in [0.25, 0.3) is 0 Å². The number of ether oxygens (including phenoxy) is 1. The summed E-state index contributed by atoms with van der Waals surface area (Å²) in [6.45, 7) is 3.47. The molecule has 0 rings (SSSR count). The summed E-state index contributed by atoms with van der Waals surface area (Å²) in [5, 5.41) is 0. The second-order valence-electron chi connectivity index (χ2n) is 1.30. The largest absolute Gasteiger partial charge is 0.462 e. The Morgan fingerprint density at radius 3 is 2.88 bits per heavy atom.